The van der Waals surface area contributed by atoms with Crippen LogP contribution in [0.15, 0.2) is 29.6 Å². The maximum atomic E-state index is 12.1. The van der Waals surface area contributed by atoms with Crippen LogP contribution >= 0.6 is 23.7 Å². The van der Waals surface area contributed by atoms with Gasteiger partial charge in [0, 0.05) is 28.7 Å². The number of nitrogens with one attached hydrogen (secondary N) is 2. The summed E-state index contributed by atoms with van der Waals surface area (Å²) >= 11 is 1.63. The van der Waals surface area contributed by atoms with Crippen LogP contribution in [0.3, 0.4) is 0 Å². The predicted molar refractivity (Wildman–Crippen MR) is 98.4 cm³/mol. The van der Waals surface area contributed by atoms with Crippen molar-refractivity contribution in [2.45, 2.75) is 26.2 Å². The van der Waals surface area contributed by atoms with Gasteiger partial charge in [0.1, 0.15) is 5.01 Å². The zero-order valence-electron chi connectivity index (χ0n) is 13.2. The lowest BCUT2D eigenvalue weighted by Crippen LogP contribution is -2.15. The molecular weight excluding hydrogens is 330 g/mol. The van der Waals surface area contributed by atoms with Gasteiger partial charge in [-0.1, -0.05) is 12.1 Å². The van der Waals surface area contributed by atoms with Crippen LogP contribution in [-0.2, 0) is 4.79 Å². The van der Waals surface area contributed by atoms with Gasteiger partial charge in [0.05, 0.1) is 0 Å². The maximum Gasteiger partial charge on any atom is 0.224 e. The van der Waals surface area contributed by atoms with Gasteiger partial charge in [-0.25, -0.2) is 4.98 Å². The zero-order valence-corrected chi connectivity index (χ0v) is 14.8. The molecule has 1 fully saturated rings. The molecule has 1 aromatic carbocycles. The van der Waals surface area contributed by atoms with Gasteiger partial charge in [0.2, 0.25) is 5.91 Å². The molecule has 0 spiro atoms. The van der Waals surface area contributed by atoms with Crippen molar-refractivity contribution in [2.24, 2.45) is 5.92 Å². The van der Waals surface area contributed by atoms with Gasteiger partial charge in [-0.15, -0.1) is 23.7 Å². The van der Waals surface area contributed by atoms with Crippen LogP contribution in [-0.4, -0.2) is 24.0 Å². The molecule has 1 aliphatic rings. The molecule has 3 rings (SSSR count). The first-order valence-electron chi connectivity index (χ1n) is 7.74. The van der Waals surface area contributed by atoms with Crippen molar-refractivity contribution in [1.82, 2.24) is 10.3 Å². The molecule has 23 heavy (non-hydrogen) atoms. The van der Waals surface area contributed by atoms with Gasteiger partial charge in [-0.05, 0) is 50.9 Å². The van der Waals surface area contributed by atoms with E-state index in [4.69, 9.17) is 0 Å². The molecule has 0 saturated carbocycles. The molecule has 1 aromatic heterocycles. The second-order valence-electron chi connectivity index (χ2n) is 5.82. The van der Waals surface area contributed by atoms with Crippen molar-refractivity contribution < 1.29 is 4.79 Å². The smallest absolute Gasteiger partial charge is 0.224 e. The summed E-state index contributed by atoms with van der Waals surface area (Å²) in [5.74, 6) is 0.745. The Morgan fingerprint density at radius 1 is 1.48 bits per heavy atom. The normalized spacial score (nSPS) is 16.8. The Morgan fingerprint density at radius 3 is 3.04 bits per heavy atom. The van der Waals surface area contributed by atoms with Crippen LogP contribution < -0.4 is 10.6 Å². The number of aromatic nitrogens is 1. The molecular formula is C17H22ClN3OS. The minimum absolute atomic E-state index is 0. The summed E-state index contributed by atoms with van der Waals surface area (Å²) in [6, 6.07) is 7.91. The standard InChI is InChI=1S/C17H21N3OS.ClH/c1-12-11-22-17(19-12)14-3-2-4-15(9-14)20-16(21)6-5-13-7-8-18-10-13;/h2-4,9,11,13,18H,5-8,10H2,1H3,(H,20,21);1H. The third-order valence-electron chi connectivity index (χ3n) is 3.95. The summed E-state index contributed by atoms with van der Waals surface area (Å²) in [5, 5.41) is 9.37. The van der Waals surface area contributed by atoms with Gasteiger partial charge in [-0.3, -0.25) is 4.79 Å². The van der Waals surface area contributed by atoms with Gasteiger partial charge in [0.15, 0.2) is 0 Å². The van der Waals surface area contributed by atoms with Gasteiger partial charge >= 0.3 is 0 Å². The molecule has 1 amide bonds. The Bertz CT molecular complexity index is 653. The Kier molecular flexibility index (Phi) is 6.57. The topological polar surface area (TPSA) is 54.0 Å². The summed E-state index contributed by atoms with van der Waals surface area (Å²) in [5.41, 5.74) is 2.93. The summed E-state index contributed by atoms with van der Waals surface area (Å²) < 4.78 is 0. The van der Waals surface area contributed by atoms with E-state index in [0.29, 0.717) is 12.3 Å². The van der Waals surface area contributed by atoms with Gasteiger partial charge < -0.3 is 10.6 Å². The highest BCUT2D eigenvalue weighted by Gasteiger charge is 2.15. The lowest BCUT2D eigenvalue weighted by Gasteiger charge is -2.09. The van der Waals surface area contributed by atoms with E-state index in [1.54, 1.807) is 11.3 Å². The van der Waals surface area contributed by atoms with Crippen LogP contribution in [0.5, 0.6) is 0 Å². The summed E-state index contributed by atoms with van der Waals surface area (Å²) in [6.45, 7) is 4.12. The Labute approximate surface area is 147 Å². The molecule has 0 bridgehead atoms. The number of carbonyl (C=O) groups is 1. The largest absolute Gasteiger partial charge is 0.326 e. The van der Waals surface area contributed by atoms with E-state index >= 15 is 0 Å². The van der Waals surface area contributed by atoms with E-state index in [9.17, 15) is 4.79 Å². The van der Waals surface area contributed by atoms with Crippen molar-refractivity contribution in [2.75, 3.05) is 18.4 Å². The van der Waals surface area contributed by atoms with Crippen molar-refractivity contribution in [3.05, 3.63) is 35.3 Å². The number of rotatable bonds is 5. The molecule has 1 aliphatic heterocycles. The van der Waals surface area contributed by atoms with Crippen molar-refractivity contribution in [3.63, 3.8) is 0 Å². The monoisotopic (exact) mass is 351 g/mol. The molecule has 0 aliphatic carbocycles. The quantitative estimate of drug-likeness (QED) is 0.859. The van der Waals surface area contributed by atoms with Crippen molar-refractivity contribution >= 4 is 35.3 Å². The SMILES string of the molecule is Cc1csc(-c2cccc(NC(=O)CCC3CCNC3)c2)n1.Cl. The lowest BCUT2D eigenvalue weighted by atomic mass is 10.0. The number of aryl methyl sites for hydroxylation is 1. The number of hydrogen-bond donors (Lipinski definition) is 2. The van der Waals surface area contributed by atoms with E-state index < -0.39 is 0 Å². The van der Waals surface area contributed by atoms with E-state index in [1.807, 2.05) is 36.6 Å². The second-order valence-corrected chi connectivity index (χ2v) is 6.68. The van der Waals surface area contributed by atoms with E-state index in [-0.39, 0.29) is 18.3 Å². The molecule has 0 radical (unpaired) electrons. The van der Waals surface area contributed by atoms with Crippen LogP contribution in [0.1, 0.15) is 25.0 Å². The molecule has 124 valence electrons. The summed E-state index contributed by atoms with van der Waals surface area (Å²) in [7, 11) is 0. The average molecular weight is 352 g/mol. The van der Waals surface area contributed by atoms with E-state index in [0.717, 1.165) is 41.5 Å². The zero-order chi connectivity index (χ0) is 15.4. The van der Waals surface area contributed by atoms with Crippen molar-refractivity contribution in [1.29, 1.82) is 0 Å². The fraction of sp³-hybridized carbons (Fsp3) is 0.412. The first kappa shape index (κ1) is 17.9. The number of anilines is 1. The van der Waals surface area contributed by atoms with E-state index in [2.05, 4.69) is 15.6 Å². The maximum absolute atomic E-state index is 12.1. The fourth-order valence-electron chi connectivity index (χ4n) is 2.74. The number of hydrogen-bond acceptors (Lipinski definition) is 4. The Hall–Kier alpha value is -1.43. The molecule has 2 heterocycles. The molecule has 2 aromatic rings. The lowest BCUT2D eigenvalue weighted by molar-refractivity contribution is -0.116. The highest BCUT2D eigenvalue weighted by Crippen LogP contribution is 2.26. The summed E-state index contributed by atoms with van der Waals surface area (Å²) in [4.78, 5) is 16.6. The number of carbonyl (C=O) groups excluding carboxylic acids is 1. The summed E-state index contributed by atoms with van der Waals surface area (Å²) in [6.07, 6.45) is 2.74. The van der Waals surface area contributed by atoms with Crippen molar-refractivity contribution in [3.8, 4) is 10.6 Å². The highest BCUT2D eigenvalue weighted by molar-refractivity contribution is 7.13. The number of benzene rings is 1. The number of halogens is 1. The van der Waals surface area contributed by atoms with Crippen LogP contribution in [0, 0.1) is 12.8 Å². The first-order chi connectivity index (χ1) is 10.7. The van der Waals surface area contributed by atoms with Crippen LogP contribution in [0.4, 0.5) is 5.69 Å². The number of nitrogens with zero attached hydrogens (tertiary/aromatic N) is 1. The number of thiazole rings is 1. The van der Waals surface area contributed by atoms with Gasteiger partial charge in [-0.2, -0.15) is 0 Å². The molecule has 2 N–H and O–H groups in total. The average Bonchev–Trinajstić information content (AvgIpc) is 3.17. The minimum atomic E-state index is 0. The van der Waals surface area contributed by atoms with E-state index in [1.165, 1.54) is 6.42 Å². The molecule has 1 saturated heterocycles. The Balaban J connectivity index is 0.00000192. The highest BCUT2D eigenvalue weighted by atomic mass is 35.5. The minimum Gasteiger partial charge on any atom is -0.326 e. The third kappa shape index (κ3) is 5.03. The fourth-order valence-corrected chi connectivity index (χ4v) is 3.53. The Morgan fingerprint density at radius 2 is 2.35 bits per heavy atom. The number of amides is 1. The molecule has 6 heteroatoms. The predicted octanol–water partition coefficient (Wildman–Crippen LogP) is 3.87. The van der Waals surface area contributed by atoms with Crippen LogP contribution in [0.2, 0.25) is 0 Å². The van der Waals surface area contributed by atoms with Crippen LogP contribution in [0.25, 0.3) is 10.6 Å². The first-order valence-corrected chi connectivity index (χ1v) is 8.62. The molecule has 1 atom stereocenters. The second kappa shape index (κ2) is 8.43. The molecule has 4 nitrogen and oxygen atoms in total. The van der Waals surface area contributed by atoms with Gasteiger partial charge in [0.25, 0.3) is 0 Å². The third-order valence-corrected chi connectivity index (χ3v) is 4.96. The molecule has 1 unspecified atom stereocenters.